The second-order valence-corrected chi connectivity index (χ2v) is 4.32. The molecule has 1 fully saturated rings. The quantitative estimate of drug-likeness (QED) is 0.832. The van der Waals surface area contributed by atoms with Gasteiger partial charge in [0.1, 0.15) is 0 Å². The number of anilines is 1. The van der Waals surface area contributed by atoms with Crippen LogP contribution < -0.4 is 10.2 Å². The molecule has 2 rings (SSSR count). The Hall–Kier alpha value is -1.03. The fourth-order valence-corrected chi connectivity index (χ4v) is 2.15. The molecule has 0 aromatic carbocycles. The number of nitrogens with zero attached hydrogens (tertiary/aromatic N) is 3. The molecule has 0 amide bonds. The maximum atomic E-state index is 4.73. The van der Waals surface area contributed by atoms with Gasteiger partial charge in [0.05, 0.1) is 5.69 Å². The van der Waals surface area contributed by atoms with Crippen LogP contribution in [-0.2, 0) is 13.0 Å². The predicted octanol–water partition coefficient (Wildman–Crippen LogP) is 1.27. The summed E-state index contributed by atoms with van der Waals surface area (Å²) >= 11 is 0. The summed E-state index contributed by atoms with van der Waals surface area (Å²) in [6, 6.07) is 0. The normalized spacial score (nSPS) is 16.8. The lowest BCUT2D eigenvalue weighted by molar-refractivity contribution is 0.561. The number of rotatable bonds is 4. The summed E-state index contributed by atoms with van der Waals surface area (Å²) in [6.07, 6.45) is 4.40. The largest absolute Gasteiger partial charge is 0.340 e. The molecule has 1 aromatic rings. The first-order chi connectivity index (χ1) is 7.85. The van der Waals surface area contributed by atoms with E-state index in [0.717, 1.165) is 39.1 Å². The maximum absolute atomic E-state index is 4.73. The predicted molar refractivity (Wildman–Crippen MR) is 67.0 cm³/mol. The zero-order valence-electron chi connectivity index (χ0n) is 10.4. The van der Waals surface area contributed by atoms with E-state index in [1.807, 2.05) is 0 Å². The SMILES string of the molecule is CCCn1cc(CC)nc1N1CCNCC1. The molecule has 0 saturated carbocycles. The zero-order chi connectivity index (χ0) is 11.4. The van der Waals surface area contributed by atoms with Crippen LogP contribution in [0.15, 0.2) is 6.20 Å². The number of aryl methyl sites for hydroxylation is 2. The van der Waals surface area contributed by atoms with Crippen LogP contribution in [0.5, 0.6) is 0 Å². The molecular weight excluding hydrogens is 200 g/mol. The van der Waals surface area contributed by atoms with E-state index < -0.39 is 0 Å². The van der Waals surface area contributed by atoms with Gasteiger partial charge in [-0.2, -0.15) is 0 Å². The second kappa shape index (κ2) is 5.34. The Morgan fingerprint density at radius 2 is 2.06 bits per heavy atom. The Labute approximate surface area is 97.7 Å². The van der Waals surface area contributed by atoms with Gasteiger partial charge in [-0.15, -0.1) is 0 Å². The number of aromatic nitrogens is 2. The van der Waals surface area contributed by atoms with E-state index in [9.17, 15) is 0 Å². The third kappa shape index (κ3) is 2.38. The fourth-order valence-electron chi connectivity index (χ4n) is 2.15. The van der Waals surface area contributed by atoms with E-state index >= 15 is 0 Å². The van der Waals surface area contributed by atoms with Gasteiger partial charge in [-0.1, -0.05) is 13.8 Å². The van der Waals surface area contributed by atoms with Crippen LogP contribution in [0.25, 0.3) is 0 Å². The van der Waals surface area contributed by atoms with Crippen LogP contribution >= 0.6 is 0 Å². The van der Waals surface area contributed by atoms with Crippen molar-refractivity contribution in [2.75, 3.05) is 31.1 Å². The average molecular weight is 222 g/mol. The van der Waals surface area contributed by atoms with Gasteiger partial charge in [-0.05, 0) is 12.8 Å². The number of imidazole rings is 1. The molecule has 1 aliphatic heterocycles. The van der Waals surface area contributed by atoms with E-state index in [1.54, 1.807) is 0 Å². The molecule has 1 aromatic heterocycles. The first-order valence-electron chi connectivity index (χ1n) is 6.36. The van der Waals surface area contributed by atoms with Crippen molar-refractivity contribution in [2.45, 2.75) is 33.2 Å². The summed E-state index contributed by atoms with van der Waals surface area (Å²) in [7, 11) is 0. The molecule has 2 heterocycles. The Bertz CT molecular complexity index is 326. The molecule has 1 N–H and O–H groups in total. The maximum Gasteiger partial charge on any atom is 0.205 e. The second-order valence-electron chi connectivity index (χ2n) is 4.32. The summed E-state index contributed by atoms with van der Waals surface area (Å²) in [5, 5.41) is 3.38. The lowest BCUT2D eigenvalue weighted by atomic mass is 10.4. The van der Waals surface area contributed by atoms with Crippen molar-refractivity contribution < 1.29 is 0 Å². The summed E-state index contributed by atoms with van der Waals surface area (Å²) < 4.78 is 2.31. The van der Waals surface area contributed by atoms with Crippen LogP contribution in [-0.4, -0.2) is 35.7 Å². The molecule has 4 heteroatoms. The van der Waals surface area contributed by atoms with Crippen molar-refractivity contribution in [1.29, 1.82) is 0 Å². The third-order valence-corrected chi connectivity index (χ3v) is 3.03. The van der Waals surface area contributed by atoms with Gasteiger partial charge < -0.3 is 14.8 Å². The van der Waals surface area contributed by atoms with Crippen LogP contribution in [0, 0.1) is 0 Å². The van der Waals surface area contributed by atoms with Gasteiger partial charge in [0.25, 0.3) is 0 Å². The van der Waals surface area contributed by atoms with E-state index in [4.69, 9.17) is 4.98 Å². The van der Waals surface area contributed by atoms with Gasteiger partial charge in [-0.3, -0.25) is 0 Å². The Morgan fingerprint density at radius 1 is 1.31 bits per heavy atom. The van der Waals surface area contributed by atoms with Crippen LogP contribution in [0.1, 0.15) is 26.0 Å². The first kappa shape index (κ1) is 11.5. The number of hydrogen-bond acceptors (Lipinski definition) is 3. The molecule has 1 aliphatic rings. The Balaban J connectivity index is 2.18. The van der Waals surface area contributed by atoms with Crippen molar-refractivity contribution in [3.8, 4) is 0 Å². The minimum Gasteiger partial charge on any atom is -0.340 e. The van der Waals surface area contributed by atoms with Crippen LogP contribution in [0.2, 0.25) is 0 Å². The summed E-state index contributed by atoms with van der Waals surface area (Å²) in [5.41, 5.74) is 1.21. The molecule has 0 unspecified atom stereocenters. The molecule has 4 nitrogen and oxygen atoms in total. The monoisotopic (exact) mass is 222 g/mol. The molecule has 16 heavy (non-hydrogen) atoms. The van der Waals surface area contributed by atoms with Crippen molar-refractivity contribution in [2.24, 2.45) is 0 Å². The van der Waals surface area contributed by atoms with Crippen LogP contribution in [0.3, 0.4) is 0 Å². The minimum atomic E-state index is 1.02. The molecule has 1 saturated heterocycles. The highest BCUT2D eigenvalue weighted by atomic mass is 15.3. The lowest BCUT2D eigenvalue weighted by Crippen LogP contribution is -2.44. The molecule has 0 aliphatic carbocycles. The molecular formula is C12H22N4. The average Bonchev–Trinajstić information content (AvgIpc) is 2.74. The molecule has 0 bridgehead atoms. The van der Waals surface area contributed by atoms with Crippen molar-refractivity contribution in [3.05, 3.63) is 11.9 Å². The van der Waals surface area contributed by atoms with Gasteiger partial charge >= 0.3 is 0 Å². The number of nitrogens with one attached hydrogen (secondary N) is 1. The molecule has 0 spiro atoms. The zero-order valence-corrected chi connectivity index (χ0v) is 10.4. The third-order valence-electron chi connectivity index (χ3n) is 3.03. The smallest absolute Gasteiger partial charge is 0.205 e. The standard InChI is InChI=1S/C12H22N4/c1-3-7-16-10-11(4-2)14-12(16)15-8-5-13-6-9-15/h10,13H,3-9H2,1-2H3. The summed E-state index contributed by atoms with van der Waals surface area (Å²) in [4.78, 5) is 7.13. The van der Waals surface area contributed by atoms with Crippen molar-refractivity contribution in [1.82, 2.24) is 14.9 Å². The topological polar surface area (TPSA) is 33.1 Å². The van der Waals surface area contributed by atoms with E-state index in [-0.39, 0.29) is 0 Å². The van der Waals surface area contributed by atoms with E-state index in [0.29, 0.717) is 0 Å². The first-order valence-corrected chi connectivity index (χ1v) is 6.36. The van der Waals surface area contributed by atoms with Crippen LogP contribution in [0.4, 0.5) is 5.95 Å². The van der Waals surface area contributed by atoms with Gasteiger partial charge in [0.15, 0.2) is 0 Å². The Morgan fingerprint density at radius 3 is 2.69 bits per heavy atom. The highest BCUT2D eigenvalue weighted by Crippen LogP contribution is 2.16. The van der Waals surface area contributed by atoms with E-state index in [1.165, 1.54) is 18.1 Å². The van der Waals surface area contributed by atoms with Gasteiger partial charge in [0, 0.05) is 38.9 Å². The molecule has 90 valence electrons. The Kier molecular flexibility index (Phi) is 3.83. The highest BCUT2D eigenvalue weighted by Gasteiger charge is 2.16. The molecule has 0 atom stereocenters. The summed E-state index contributed by atoms with van der Waals surface area (Å²) in [6.45, 7) is 9.74. The minimum absolute atomic E-state index is 1.02. The highest BCUT2D eigenvalue weighted by molar-refractivity contribution is 5.34. The van der Waals surface area contributed by atoms with E-state index in [2.05, 4.69) is 34.8 Å². The van der Waals surface area contributed by atoms with Crippen molar-refractivity contribution in [3.63, 3.8) is 0 Å². The lowest BCUT2D eigenvalue weighted by Gasteiger charge is -2.28. The van der Waals surface area contributed by atoms with Crippen molar-refractivity contribution >= 4 is 5.95 Å². The number of hydrogen-bond donors (Lipinski definition) is 1. The summed E-state index contributed by atoms with van der Waals surface area (Å²) in [5.74, 6) is 1.17. The van der Waals surface area contributed by atoms with Gasteiger partial charge in [0.2, 0.25) is 5.95 Å². The van der Waals surface area contributed by atoms with Gasteiger partial charge in [-0.25, -0.2) is 4.98 Å². The number of piperazine rings is 1. The fraction of sp³-hybridized carbons (Fsp3) is 0.750. The molecule has 0 radical (unpaired) electrons.